The van der Waals surface area contributed by atoms with Gasteiger partial charge in [0.15, 0.2) is 0 Å². The van der Waals surface area contributed by atoms with E-state index in [-0.39, 0.29) is 61.4 Å². The summed E-state index contributed by atoms with van der Waals surface area (Å²) in [6, 6.07) is 0.512. The number of H-pyrrole nitrogens is 1. The third-order valence-electron chi connectivity index (χ3n) is 9.24. The molecular formula is C30H40F5N9O2. The summed E-state index contributed by atoms with van der Waals surface area (Å²) in [6.07, 6.45) is 0.0211. The molecule has 1 saturated carbocycles. The number of carbonyl (C=O) groups excluding carboxylic acids is 2. The zero-order valence-electron chi connectivity index (χ0n) is 25.6. The maximum Gasteiger partial charge on any atom is 0.393 e. The first kappa shape index (κ1) is 33.7. The van der Waals surface area contributed by atoms with Crippen LogP contribution in [0.4, 0.5) is 27.9 Å². The number of aliphatic imine (C=N–C) groups is 1. The second kappa shape index (κ2) is 14.0. The van der Waals surface area contributed by atoms with E-state index in [1.165, 1.54) is 17.1 Å². The molecule has 1 aliphatic carbocycles. The average Bonchev–Trinajstić information content (AvgIpc) is 3.70. The Morgan fingerprint density at radius 3 is 2.67 bits per heavy atom. The van der Waals surface area contributed by atoms with E-state index >= 15 is 0 Å². The molecule has 46 heavy (non-hydrogen) atoms. The number of nitrogens with one attached hydrogen (secondary N) is 5. The van der Waals surface area contributed by atoms with E-state index in [1.807, 2.05) is 6.92 Å². The molecule has 16 heteroatoms. The fourth-order valence-corrected chi connectivity index (χ4v) is 6.61. The number of nitrogens with zero attached hydrogens (tertiary/aromatic N) is 4. The second-order valence-corrected chi connectivity index (χ2v) is 12.4. The zero-order chi connectivity index (χ0) is 33.1. The lowest BCUT2D eigenvalue weighted by atomic mass is 9.81. The van der Waals surface area contributed by atoms with Crippen molar-refractivity contribution in [1.82, 2.24) is 35.7 Å². The van der Waals surface area contributed by atoms with Crippen LogP contribution in [-0.4, -0.2) is 74.2 Å². The van der Waals surface area contributed by atoms with Crippen molar-refractivity contribution in [2.45, 2.75) is 95.4 Å². The van der Waals surface area contributed by atoms with Crippen molar-refractivity contribution in [1.29, 1.82) is 5.41 Å². The molecule has 0 radical (unpaired) electrons. The summed E-state index contributed by atoms with van der Waals surface area (Å²) < 4.78 is 69.9. The van der Waals surface area contributed by atoms with Crippen LogP contribution in [0.2, 0.25) is 0 Å². The fourth-order valence-electron chi connectivity index (χ4n) is 6.61. The summed E-state index contributed by atoms with van der Waals surface area (Å²) in [5.74, 6) is -6.65. The normalized spacial score (nSPS) is 25.1. The van der Waals surface area contributed by atoms with Crippen LogP contribution in [0, 0.1) is 23.2 Å². The molecule has 2 aromatic heterocycles. The first-order chi connectivity index (χ1) is 21.8. The molecule has 2 aromatic rings. The molecule has 11 nitrogen and oxygen atoms in total. The van der Waals surface area contributed by atoms with E-state index in [0.29, 0.717) is 30.9 Å². The minimum absolute atomic E-state index is 0.0625. The van der Waals surface area contributed by atoms with Crippen LogP contribution in [0.25, 0.3) is 0 Å². The zero-order valence-corrected chi connectivity index (χ0v) is 25.6. The molecule has 0 spiro atoms. The van der Waals surface area contributed by atoms with Crippen molar-refractivity contribution >= 4 is 29.2 Å². The first-order valence-electron chi connectivity index (χ1n) is 15.8. The van der Waals surface area contributed by atoms with Gasteiger partial charge in [-0.05, 0) is 57.6 Å². The van der Waals surface area contributed by atoms with Crippen molar-refractivity contribution in [3.8, 4) is 0 Å². The van der Waals surface area contributed by atoms with Gasteiger partial charge in [-0.2, -0.15) is 18.3 Å². The Morgan fingerprint density at radius 2 is 2.00 bits per heavy atom. The highest BCUT2D eigenvalue weighted by Crippen LogP contribution is 2.41. The van der Waals surface area contributed by atoms with Gasteiger partial charge in [-0.25, -0.2) is 18.8 Å². The largest absolute Gasteiger partial charge is 0.393 e. The molecule has 2 amide bonds. The Hall–Kier alpha value is -3.69. The summed E-state index contributed by atoms with van der Waals surface area (Å²) in [7, 11) is 0. The van der Waals surface area contributed by atoms with Crippen LogP contribution in [0.3, 0.4) is 0 Å². The molecule has 4 heterocycles. The Labute approximate surface area is 263 Å². The molecular weight excluding hydrogens is 613 g/mol. The Bertz CT molecular complexity index is 1420. The smallest absolute Gasteiger partial charge is 0.355 e. The molecule has 4 atom stereocenters. The number of aromatic nitrogens is 4. The van der Waals surface area contributed by atoms with Crippen molar-refractivity contribution < 1.29 is 31.5 Å². The molecule has 2 aliphatic heterocycles. The molecule has 2 saturated heterocycles. The molecule has 1 unspecified atom stereocenters. The molecule has 0 bridgehead atoms. The summed E-state index contributed by atoms with van der Waals surface area (Å²) in [5.41, 5.74) is 0.983. The monoisotopic (exact) mass is 653 g/mol. The third-order valence-corrected chi connectivity index (χ3v) is 9.24. The molecule has 5 N–H and O–H groups in total. The van der Waals surface area contributed by atoms with Crippen molar-refractivity contribution in [3.63, 3.8) is 0 Å². The van der Waals surface area contributed by atoms with Gasteiger partial charge in [0.2, 0.25) is 17.8 Å². The van der Waals surface area contributed by atoms with E-state index in [2.05, 4.69) is 36.0 Å². The van der Waals surface area contributed by atoms with Crippen molar-refractivity contribution in [3.05, 3.63) is 29.8 Å². The van der Waals surface area contributed by atoms with Crippen LogP contribution in [0.5, 0.6) is 0 Å². The minimum Gasteiger partial charge on any atom is -0.355 e. The van der Waals surface area contributed by atoms with Crippen LogP contribution in [0.15, 0.2) is 23.5 Å². The van der Waals surface area contributed by atoms with Gasteiger partial charge in [-0.15, -0.1) is 0 Å². The number of piperidine rings is 2. The van der Waals surface area contributed by atoms with Gasteiger partial charge in [0.05, 0.1) is 41.3 Å². The van der Waals surface area contributed by atoms with E-state index in [0.717, 1.165) is 12.8 Å². The highest BCUT2D eigenvalue weighted by Gasteiger charge is 2.45. The van der Waals surface area contributed by atoms with E-state index in [9.17, 15) is 31.5 Å². The van der Waals surface area contributed by atoms with Crippen molar-refractivity contribution in [2.24, 2.45) is 22.7 Å². The van der Waals surface area contributed by atoms with E-state index < -0.39 is 54.8 Å². The van der Waals surface area contributed by atoms with Gasteiger partial charge in [-0.1, -0.05) is 6.42 Å². The van der Waals surface area contributed by atoms with E-state index in [4.69, 9.17) is 5.41 Å². The predicted molar refractivity (Wildman–Crippen MR) is 159 cm³/mol. The SMILES string of the molecule is CCn1nccc1C(=O)N[C@H](c1cnc(/N=C(\C(=N)C[C@H]2C[C@@H](C(F)(F)F)CNC2=O)C2CCCCN2)[nH]1)C1CCC(F)(F)CC1. The summed E-state index contributed by atoms with van der Waals surface area (Å²) in [6.45, 7) is 2.48. The lowest BCUT2D eigenvalue weighted by Gasteiger charge is -2.33. The highest BCUT2D eigenvalue weighted by atomic mass is 19.4. The van der Waals surface area contributed by atoms with E-state index in [1.54, 1.807) is 6.07 Å². The lowest BCUT2D eigenvalue weighted by molar-refractivity contribution is -0.183. The topological polar surface area (TPSA) is 153 Å². The first-order valence-corrected chi connectivity index (χ1v) is 15.8. The van der Waals surface area contributed by atoms with Crippen LogP contribution >= 0.6 is 0 Å². The molecule has 252 valence electrons. The van der Waals surface area contributed by atoms with Gasteiger partial charge in [0.25, 0.3) is 5.91 Å². The van der Waals surface area contributed by atoms with Gasteiger partial charge in [-0.3, -0.25) is 14.3 Å². The molecule has 3 aliphatic rings. The number of hydrogen-bond donors (Lipinski definition) is 5. The van der Waals surface area contributed by atoms with Crippen LogP contribution in [0.1, 0.15) is 86.9 Å². The maximum atomic E-state index is 14.1. The number of rotatable bonds is 10. The average molecular weight is 654 g/mol. The standard InChI is InChI=1S/C30H40F5N9O2/c1-2-44-23(8-12-40-44)27(46)42-24(17-6-9-29(31,32)10-7-17)22-16-39-28(41-22)43-25(21-5-3-4-11-37-21)20(36)14-18-13-19(30(33,34)35)15-38-26(18)45/h8,12,16-19,21,24,36-37H,2-7,9-11,13-15H2,1H3,(H,38,45)(H,39,41)(H,42,46)/b36-20?,43-25+/t18-,19-,21?,24+/m1/s1. The second-order valence-electron chi connectivity index (χ2n) is 12.4. The quantitative estimate of drug-likeness (QED) is 0.183. The number of carbonyl (C=O) groups is 2. The minimum atomic E-state index is -4.46. The number of alkyl halides is 5. The van der Waals surface area contributed by atoms with Crippen LogP contribution < -0.4 is 16.0 Å². The number of imidazole rings is 1. The predicted octanol–water partition coefficient (Wildman–Crippen LogP) is 4.86. The van der Waals surface area contributed by atoms with Gasteiger partial charge < -0.3 is 26.3 Å². The maximum absolute atomic E-state index is 14.1. The Balaban J connectivity index is 1.40. The fraction of sp³-hybridized carbons (Fsp3) is 0.667. The summed E-state index contributed by atoms with van der Waals surface area (Å²) in [4.78, 5) is 37.9. The number of amides is 2. The molecule has 0 aromatic carbocycles. The van der Waals surface area contributed by atoms with Gasteiger partial charge in [0, 0.05) is 44.5 Å². The summed E-state index contributed by atoms with van der Waals surface area (Å²) >= 11 is 0. The van der Waals surface area contributed by atoms with Crippen LogP contribution in [-0.2, 0) is 11.3 Å². The molecule has 3 fully saturated rings. The highest BCUT2D eigenvalue weighted by molar-refractivity contribution is 6.43. The number of aromatic amines is 1. The van der Waals surface area contributed by atoms with Gasteiger partial charge >= 0.3 is 6.18 Å². The lowest BCUT2D eigenvalue weighted by Crippen LogP contribution is -2.48. The Kier molecular flexibility index (Phi) is 10.2. The Morgan fingerprint density at radius 1 is 1.24 bits per heavy atom. The third kappa shape index (κ3) is 7.99. The molecule has 5 rings (SSSR count). The number of halogens is 5. The summed E-state index contributed by atoms with van der Waals surface area (Å²) in [5, 5.41) is 21.6. The van der Waals surface area contributed by atoms with Crippen molar-refractivity contribution in [2.75, 3.05) is 13.1 Å². The number of hydrogen-bond acceptors (Lipinski definition) is 7. The number of aryl methyl sites for hydroxylation is 1. The van der Waals surface area contributed by atoms with Gasteiger partial charge in [0.1, 0.15) is 5.69 Å².